The van der Waals surface area contributed by atoms with Gasteiger partial charge < -0.3 is 15.5 Å². The third kappa shape index (κ3) is 2.48. The summed E-state index contributed by atoms with van der Waals surface area (Å²) in [5.74, 6) is 0.101. The average molecular weight is 247 g/mol. The van der Waals surface area contributed by atoms with E-state index in [0.29, 0.717) is 19.1 Å². The highest BCUT2D eigenvalue weighted by atomic mass is 16.2. The molecular weight excluding hydrogens is 226 g/mol. The van der Waals surface area contributed by atoms with Crippen molar-refractivity contribution in [2.24, 2.45) is 0 Å². The number of piperazine rings is 1. The summed E-state index contributed by atoms with van der Waals surface area (Å²) in [6, 6.07) is 8.50. The van der Waals surface area contributed by atoms with E-state index in [9.17, 15) is 4.79 Å². The number of amides is 1. The highest BCUT2D eigenvalue weighted by Crippen LogP contribution is 2.23. The van der Waals surface area contributed by atoms with Crippen LogP contribution < -0.4 is 15.5 Å². The zero-order valence-electron chi connectivity index (χ0n) is 11.2. The van der Waals surface area contributed by atoms with Crippen LogP contribution in [-0.2, 0) is 4.79 Å². The van der Waals surface area contributed by atoms with Crippen molar-refractivity contribution in [3.63, 3.8) is 0 Å². The summed E-state index contributed by atoms with van der Waals surface area (Å²) in [5.41, 5.74) is 2.34. The Morgan fingerprint density at radius 1 is 1.50 bits per heavy atom. The predicted molar refractivity (Wildman–Crippen MR) is 73.8 cm³/mol. The van der Waals surface area contributed by atoms with E-state index in [1.807, 2.05) is 13.1 Å². The van der Waals surface area contributed by atoms with E-state index in [-0.39, 0.29) is 11.9 Å². The Morgan fingerprint density at radius 3 is 2.94 bits per heavy atom. The molecule has 1 amide bonds. The molecule has 2 unspecified atom stereocenters. The van der Waals surface area contributed by atoms with E-state index in [0.717, 1.165) is 5.69 Å². The van der Waals surface area contributed by atoms with Crippen molar-refractivity contribution >= 4 is 11.6 Å². The predicted octanol–water partition coefficient (Wildman–Crippen LogP) is 0.908. The fourth-order valence-corrected chi connectivity index (χ4v) is 2.51. The first kappa shape index (κ1) is 12.9. The quantitative estimate of drug-likeness (QED) is 0.834. The molecule has 1 aliphatic heterocycles. The van der Waals surface area contributed by atoms with E-state index >= 15 is 0 Å². The average Bonchev–Trinajstić information content (AvgIpc) is 2.34. The van der Waals surface area contributed by atoms with Crippen molar-refractivity contribution in [2.45, 2.75) is 25.9 Å². The summed E-state index contributed by atoms with van der Waals surface area (Å²) in [5, 5.41) is 6.06. The van der Waals surface area contributed by atoms with Crippen LogP contribution in [0.4, 0.5) is 5.69 Å². The van der Waals surface area contributed by atoms with Gasteiger partial charge in [0.1, 0.15) is 6.04 Å². The van der Waals surface area contributed by atoms with Crippen molar-refractivity contribution in [3.05, 3.63) is 29.8 Å². The Morgan fingerprint density at radius 2 is 2.28 bits per heavy atom. The molecule has 2 atom stereocenters. The fourth-order valence-electron chi connectivity index (χ4n) is 2.51. The van der Waals surface area contributed by atoms with Crippen molar-refractivity contribution in [1.29, 1.82) is 0 Å². The van der Waals surface area contributed by atoms with Gasteiger partial charge in [0.05, 0.1) is 0 Å². The van der Waals surface area contributed by atoms with Gasteiger partial charge in [-0.25, -0.2) is 0 Å². The molecule has 1 heterocycles. The maximum Gasteiger partial charge on any atom is 0.244 e. The van der Waals surface area contributed by atoms with Gasteiger partial charge in [-0.3, -0.25) is 4.79 Å². The number of nitrogens with zero attached hydrogens (tertiary/aromatic N) is 1. The summed E-state index contributed by atoms with van der Waals surface area (Å²) < 4.78 is 0. The Bertz CT molecular complexity index is 433. The molecule has 1 aliphatic rings. The number of likely N-dealkylation sites (N-methyl/N-ethyl adjacent to an activating group) is 1. The molecule has 18 heavy (non-hydrogen) atoms. The van der Waals surface area contributed by atoms with Crippen molar-refractivity contribution in [2.75, 3.05) is 25.0 Å². The first-order valence-electron chi connectivity index (χ1n) is 6.41. The number of rotatable bonds is 3. The topological polar surface area (TPSA) is 44.4 Å². The van der Waals surface area contributed by atoms with Gasteiger partial charge in [-0.05, 0) is 38.6 Å². The normalized spacial score (nSPS) is 23.9. The Balaban J connectivity index is 2.33. The summed E-state index contributed by atoms with van der Waals surface area (Å²) in [6.07, 6.45) is 0. The molecule has 0 bridgehead atoms. The van der Waals surface area contributed by atoms with Crippen LogP contribution in [0.1, 0.15) is 12.5 Å². The zero-order chi connectivity index (χ0) is 13.1. The summed E-state index contributed by atoms with van der Waals surface area (Å²) in [6.45, 7) is 5.58. The fraction of sp³-hybridized carbons (Fsp3) is 0.500. The molecule has 1 saturated heterocycles. The lowest BCUT2D eigenvalue weighted by molar-refractivity contribution is -0.123. The molecule has 1 fully saturated rings. The molecule has 98 valence electrons. The van der Waals surface area contributed by atoms with Gasteiger partial charge in [0, 0.05) is 24.8 Å². The molecule has 0 aromatic heterocycles. The molecule has 2 N–H and O–H groups in total. The van der Waals surface area contributed by atoms with Gasteiger partial charge in [0.2, 0.25) is 5.91 Å². The molecule has 1 aromatic rings. The molecule has 0 aliphatic carbocycles. The van der Waals surface area contributed by atoms with Gasteiger partial charge >= 0.3 is 0 Å². The van der Waals surface area contributed by atoms with Crippen LogP contribution in [0.5, 0.6) is 0 Å². The van der Waals surface area contributed by atoms with Crippen LogP contribution in [0.3, 0.4) is 0 Å². The van der Waals surface area contributed by atoms with Crippen LogP contribution in [-0.4, -0.2) is 38.1 Å². The highest BCUT2D eigenvalue weighted by molar-refractivity contribution is 5.87. The first-order valence-corrected chi connectivity index (χ1v) is 6.41. The highest BCUT2D eigenvalue weighted by Gasteiger charge is 2.33. The number of hydrogen-bond acceptors (Lipinski definition) is 3. The van der Waals surface area contributed by atoms with Crippen molar-refractivity contribution in [1.82, 2.24) is 10.6 Å². The second kappa shape index (κ2) is 5.40. The largest absolute Gasteiger partial charge is 0.354 e. The third-order valence-electron chi connectivity index (χ3n) is 3.38. The zero-order valence-corrected chi connectivity index (χ0v) is 11.2. The van der Waals surface area contributed by atoms with E-state index in [4.69, 9.17) is 0 Å². The SMILES string of the molecule is CNCC1C(=O)NCC(C)N1c1cccc(C)c1. The number of hydrogen-bond donors (Lipinski definition) is 2. The lowest BCUT2D eigenvalue weighted by Crippen LogP contribution is -2.62. The standard InChI is InChI=1S/C14H21N3O/c1-10-5-4-6-12(7-10)17-11(2)8-16-14(18)13(17)9-15-3/h4-7,11,13,15H,8-9H2,1-3H3,(H,16,18). The van der Waals surface area contributed by atoms with Crippen LogP contribution in [0.15, 0.2) is 24.3 Å². The van der Waals surface area contributed by atoms with Crippen LogP contribution in [0.2, 0.25) is 0 Å². The molecule has 4 heteroatoms. The third-order valence-corrected chi connectivity index (χ3v) is 3.38. The minimum absolute atomic E-state index is 0.101. The number of carbonyl (C=O) groups is 1. The van der Waals surface area contributed by atoms with Gasteiger partial charge in [0.15, 0.2) is 0 Å². The number of nitrogens with one attached hydrogen (secondary N) is 2. The van der Waals surface area contributed by atoms with Gasteiger partial charge in [-0.15, -0.1) is 0 Å². The summed E-state index contributed by atoms with van der Waals surface area (Å²) in [4.78, 5) is 14.2. The summed E-state index contributed by atoms with van der Waals surface area (Å²) in [7, 11) is 1.88. The molecule has 2 rings (SSSR count). The first-order chi connectivity index (χ1) is 8.63. The van der Waals surface area contributed by atoms with E-state index in [2.05, 4.69) is 47.6 Å². The van der Waals surface area contributed by atoms with Gasteiger partial charge in [-0.1, -0.05) is 12.1 Å². The molecular formula is C14H21N3O. The maximum atomic E-state index is 12.0. The number of benzene rings is 1. The number of anilines is 1. The number of carbonyl (C=O) groups excluding carboxylic acids is 1. The van der Waals surface area contributed by atoms with Crippen LogP contribution in [0.25, 0.3) is 0 Å². The number of aryl methyl sites for hydroxylation is 1. The lowest BCUT2D eigenvalue weighted by Gasteiger charge is -2.41. The minimum atomic E-state index is -0.138. The van der Waals surface area contributed by atoms with Crippen molar-refractivity contribution in [3.8, 4) is 0 Å². The Labute approximate surface area is 108 Å². The monoisotopic (exact) mass is 247 g/mol. The van der Waals surface area contributed by atoms with E-state index in [1.165, 1.54) is 5.56 Å². The van der Waals surface area contributed by atoms with E-state index < -0.39 is 0 Å². The lowest BCUT2D eigenvalue weighted by atomic mass is 10.1. The van der Waals surface area contributed by atoms with Crippen LogP contribution in [0, 0.1) is 6.92 Å². The second-order valence-corrected chi connectivity index (χ2v) is 4.91. The summed E-state index contributed by atoms with van der Waals surface area (Å²) >= 11 is 0. The molecule has 0 saturated carbocycles. The maximum absolute atomic E-state index is 12.0. The van der Waals surface area contributed by atoms with E-state index in [1.54, 1.807) is 0 Å². The Hall–Kier alpha value is -1.55. The Kier molecular flexibility index (Phi) is 3.87. The smallest absolute Gasteiger partial charge is 0.244 e. The molecule has 0 spiro atoms. The van der Waals surface area contributed by atoms with Gasteiger partial charge in [0.25, 0.3) is 0 Å². The van der Waals surface area contributed by atoms with Crippen LogP contribution >= 0.6 is 0 Å². The molecule has 1 aromatic carbocycles. The van der Waals surface area contributed by atoms with Crippen molar-refractivity contribution < 1.29 is 4.79 Å². The molecule has 4 nitrogen and oxygen atoms in total. The molecule has 0 radical (unpaired) electrons. The van der Waals surface area contributed by atoms with Gasteiger partial charge in [-0.2, -0.15) is 0 Å². The second-order valence-electron chi connectivity index (χ2n) is 4.91. The minimum Gasteiger partial charge on any atom is -0.354 e.